The lowest BCUT2D eigenvalue weighted by Crippen LogP contribution is -2.47. The number of piperidine rings is 2. The summed E-state index contributed by atoms with van der Waals surface area (Å²) >= 11 is 0. The molecule has 3 heterocycles. The second kappa shape index (κ2) is 11.2. The fraction of sp³-hybridized carbons (Fsp3) is 0.667. The monoisotopic (exact) mass is 511 g/mol. The van der Waals surface area contributed by atoms with Gasteiger partial charge in [-0.2, -0.15) is 4.98 Å². The zero-order chi connectivity index (χ0) is 26.0. The standard InChI is InChI=1S/C30H43F2N5/c1-30(2,3)21-7-10-23(11-8-21)34-28-26(25-12-9-22(31)19-27(25)32)20-33-29(35-28)37-17-13-24(14-18-37)36-15-5-4-6-16-36/h9,12,19-21,23-24H,4-8,10-11,13-18H2,1-3H3,(H,33,34,35). The highest BCUT2D eigenvalue weighted by molar-refractivity contribution is 5.76. The van der Waals surface area contributed by atoms with Crippen molar-refractivity contribution in [2.45, 2.75) is 90.6 Å². The molecule has 0 bridgehead atoms. The average Bonchev–Trinajstić information content (AvgIpc) is 2.89. The van der Waals surface area contributed by atoms with Gasteiger partial charge in [-0.05, 0) is 87.9 Å². The van der Waals surface area contributed by atoms with Gasteiger partial charge in [0.25, 0.3) is 0 Å². The predicted octanol–water partition coefficient (Wildman–Crippen LogP) is 6.89. The molecule has 3 fully saturated rings. The van der Waals surface area contributed by atoms with E-state index in [1.807, 2.05) is 0 Å². The van der Waals surface area contributed by atoms with Crippen LogP contribution in [0.5, 0.6) is 0 Å². The third-order valence-corrected chi connectivity index (χ3v) is 8.94. The molecule has 1 saturated carbocycles. The number of rotatable bonds is 5. The molecule has 2 saturated heterocycles. The summed E-state index contributed by atoms with van der Waals surface area (Å²) in [5.74, 6) is 0.910. The SMILES string of the molecule is CC(C)(C)C1CCC(Nc2nc(N3CCC(N4CCCCC4)CC3)ncc2-c2ccc(F)cc2F)CC1. The van der Waals surface area contributed by atoms with Gasteiger partial charge in [-0.1, -0.05) is 27.2 Å². The van der Waals surface area contributed by atoms with Crippen LogP contribution in [0.2, 0.25) is 0 Å². The number of benzene rings is 1. The number of nitrogens with zero attached hydrogens (tertiary/aromatic N) is 4. The summed E-state index contributed by atoms with van der Waals surface area (Å²) in [5, 5.41) is 3.66. The van der Waals surface area contributed by atoms with Gasteiger partial charge in [-0.25, -0.2) is 13.8 Å². The smallest absolute Gasteiger partial charge is 0.227 e. The molecule has 2 aromatic rings. The van der Waals surface area contributed by atoms with Crippen LogP contribution < -0.4 is 10.2 Å². The first-order valence-corrected chi connectivity index (χ1v) is 14.4. The van der Waals surface area contributed by atoms with E-state index in [1.165, 1.54) is 57.3 Å². The van der Waals surface area contributed by atoms with E-state index in [1.54, 1.807) is 6.20 Å². The summed E-state index contributed by atoms with van der Waals surface area (Å²) < 4.78 is 28.5. The van der Waals surface area contributed by atoms with Gasteiger partial charge in [-0.15, -0.1) is 0 Å². The summed E-state index contributed by atoms with van der Waals surface area (Å²) in [6.07, 6.45) is 12.4. The molecule has 0 radical (unpaired) electrons. The van der Waals surface area contributed by atoms with Crippen molar-refractivity contribution in [1.82, 2.24) is 14.9 Å². The Balaban J connectivity index is 1.34. The lowest BCUT2D eigenvalue weighted by molar-refractivity contribution is 0.141. The Morgan fingerprint density at radius 3 is 2.22 bits per heavy atom. The van der Waals surface area contributed by atoms with E-state index in [0.717, 1.165) is 44.8 Å². The van der Waals surface area contributed by atoms with Gasteiger partial charge in [-0.3, -0.25) is 0 Å². The number of hydrogen-bond donors (Lipinski definition) is 1. The maximum Gasteiger partial charge on any atom is 0.227 e. The first-order chi connectivity index (χ1) is 17.8. The van der Waals surface area contributed by atoms with Crippen LogP contribution in [0.25, 0.3) is 11.1 Å². The van der Waals surface area contributed by atoms with Gasteiger partial charge >= 0.3 is 0 Å². The van der Waals surface area contributed by atoms with E-state index >= 15 is 0 Å². The normalized spacial score (nSPS) is 24.3. The van der Waals surface area contributed by atoms with Crippen LogP contribution in [-0.4, -0.2) is 53.1 Å². The van der Waals surface area contributed by atoms with E-state index in [-0.39, 0.29) is 6.04 Å². The van der Waals surface area contributed by atoms with Crippen molar-refractivity contribution in [2.75, 3.05) is 36.4 Å². The van der Waals surface area contributed by atoms with Crippen LogP contribution in [0.4, 0.5) is 20.5 Å². The largest absolute Gasteiger partial charge is 0.367 e. The topological polar surface area (TPSA) is 44.3 Å². The molecule has 5 rings (SSSR count). The Morgan fingerprint density at radius 1 is 0.865 bits per heavy atom. The molecule has 1 aromatic carbocycles. The molecule has 1 aromatic heterocycles. The van der Waals surface area contributed by atoms with Crippen LogP contribution in [-0.2, 0) is 0 Å². The molecule has 0 spiro atoms. The first kappa shape index (κ1) is 26.3. The van der Waals surface area contributed by atoms with Gasteiger partial charge in [0.05, 0.1) is 0 Å². The minimum Gasteiger partial charge on any atom is -0.367 e. The van der Waals surface area contributed by atoms with E-state index in [9.17, 15) is 8.78 Å². The Bertz CT molecular complexity index is 1050. The molecule has 3 aliphatic rings. The number of halogens is 2. The second-order valence-electron chi connectivity index (χ2n) is 12.4. The molecule has 202 valence electrons. The van der Waals surface area contributed by atoms with Crippen molar-refractivity contribution in [2.24, 2.45) is 11.3 Å². The van der Waals surface area contributed by atoms with Crippen molar-refractivity contribution in [3.8, 4) is 11.1 Å². The fourth-order valence-corrected chi connectivity index (χ4v) is 6.55. The second-order valence-corrected chi connectivity index (χ2v) is 12.4. The number of nitrogens with one attached hydrogen (secondary N) is 1. The van der Waals surface area contributed by atoms with Crippen LogP contribution in [0, 0.1) is 23.0 Å². The molecule has 1 N–H and O–H groups in total. The number of aromatic nitrogens is 2. The summed E-state index contributed by atoms with van der Waals surface area (Å²) in [6, 6.07) is 4.67. The minimum atomic E-state index is -0.585. The van der Waals surface area contributed by atoms with Crippen LogP contribution in [0.15, 0.2) is 24.4 Å². The molecule has 5 nitrogen and oxygen atoms in total. The lowest BCUT2D eigenvalue weighted by atomic mass is 9.71. The van der Waals surface area contributed by atoms with Gasteiger partial charge in [0.15, 0.2) is 0 Å². The first-order valence-electron chi connectivity index (χ1n) is 14.4. The Hall–Kier alpha value is -2.28. The number of likely N-dealkylation sites (tertiary alicyclic amines) is 1. The lowest BCUT2D eigenvalue weighted by Gasteiger charge is -2.40. The minimum absolute atomic E-state index is 0.286. The third-order valence-electron chi connectivity index (χ3n) is 8.94. The van der Waals surface area contributed by atoms with Crippen molar-refractivity contribution >= 4 is 11.8 Å². The quantitative estimate of drug-likeness (QED) is 0.473. The molecule has 37 heavy (non-hydrogen) atoms. The Labute approximate surface area is 221 Å². The zero-order valence-electron chi connectivity index (χ0n) is 22.8. The molecular formula is C30H43F2N5. The summed E-state index contributed by atoms with van der Waals surface area (Å²) in [4.78, 5) is 14.6. The number of anilines is 2. The van der Waals surface area contributed by atoms with E-state index in [2.05, 4.69) is 40.9 Å². The Kier molecular flexibility index (Phi) is 7.99. The van der Waals surface area contributed by atoms with Crippen molar-refractivity contribution in [1.29, 1.82) is 0 Å². The molecule has 0 amide bonds. The summed E-state index contributed by atoms with van der Waals surface area (Å²) in [6.45, 7) is 11.3. The molecule has 0 unspecified atom stereocenters. The highest BCUT2D eigenvalue weighted by Crippen LogP contribution is 2.39. The maximum absolute atomic E-state index is 14.8. The van der Waals surface area contributed by atoms with Crippen LogP contribution in [0.3, 0.4) is 0 Å². The fourth-order valence-electron chi connectivity index (χ4n) is 6.55. The van der Waals surface area contributed by atoms with Crippen LogP contribution >= 0.6 is 0 Å². The van der Waals surface area contributed by atoms with Gasteiger partial charge in [0, 0.05) is 48.6 Å². The van der Waals surface area contributed by atoms with Crippen LogP contribution in [0.1, 0.15) is 78.6 Å². The molecule has 1 aliphatic carbocycles. The van der Waals surface area contributed by atoms with Crippen molar-refractivity contribution in [3.05, 3.63) is 36.0 Å². The van der Waals surface area contributed by atoms with Gasteiger partial charge in [0.1, 0.15) is 17.5 Å². The average molecular weight is 512 g/mol. The van der Waals surface area contributed by atoms with Crippen molar-refractivity contribution < 1.29 is 8.78 Å². The van der Waals surface area contributed by atoms with Gasteiger partial charge < -0.3 is 15.1 Å². The van der Waals surface area contributed by atoms with Crippen molar-refractivity contribution in [3.63, 3.8) is 0 Å². The molecule has 0 atom stereocenters. The molecule has 2 aliphatic heterocycles. The summed E-state index contributed by atoms with van der Waals surface area (Å²) in [7, 11) is 0. The maximum atomic E-state index is 14.8. The van der Waals surface area contributed by atoms with E-state index in [0.29, 0.717) is 40.3 Å². The highest BCUT2D eigenvalue weighted by atomic mass is 19.1. The van der Waals surface area contributed by atoms with E-state index < -0.39 is 11.6 Å². The Morgan fingerprint density at radius 2 is 1.57 bits per heavy atom. The zero-order valence-corrected chi connectivity index (χ0v) is 22.8. The van der Waals surface area contributed by atoms with Gasteiger partial charge in [0.2, 0.25) is 5.95 Å². The summed E-state index contributed by atoms with van der Waals surface area (Å²) in [5.41, 5.74) is 1.25. The molecule has 7 heteroatoms. The van der Waals surface area contributed by atoms with E-state index in [4.69, 9.17) is 4.98 Å². The third kappa shape index (κ3) is 6.24. The predicted molar refractivity (Wildman–Crippen MR) is 147 cm³/mol. The highest BCUT2D eigenvalue weighted by Gasteiger charge is 2.31. The number of hydrogen-bond acceptors (Lipinski definition) is 5. The molecular weight excluding hydrogens is 468 g/mol.